The van der Waals surface area contributed by atoms with Crippen molar-refractivity contribution in [2.24, 2.45) is 0 Å². The van der Waals surface area contributed by atoms with E-state index >= 15 is 0 Å². The van der Waals surface area contributed by atoms with Crippen LogP contribution in [0.1, 0.15) is 20.8 Å². The fourth-order valence-electron chi connectivity index (χ4n) is 2.63. The third kappa shape index (κ3) is 5.92. The highest BCUT2D eigenvalue weighted by Crippen LogP contribution is 2.30. The minimum Gasteiger partial charge on any atom is -0.457 e. The van der Waals surface area contributed by atoms with E-state index in [4.69, 9.17) is 28.4 Å². The lowest BCUT2D eigenvalue weighted by Gasteiger charge is -2.44. The summed E-state index contributed by atoms with van der Waals surface area (Å²) < 4.78 is 31.1. The van der Waals surface area contributed by atoms with E-state index in [0.29, 0.717) is 0 Å². The molecule has 0 aromatic heterocycles. The quantitative estimate of drug-likeness (QED) is 0.451. The van der Waals surface area contributed by atoms with E-state index < -0.39 is 54.7 Å². The Labute approximate surface area is 145 Å². The second-order valence-corrected chi connectivity index (χ2v) is 5.44. The van der Waals surface area contributed by atoms with Gasteiger partial charge in [-0.15, -0.1) is 0 Å². The Morgan fingerprint density at radius 3 is 1.96 bits per heavy atom. The number of carbonyl (C=O) groups excluding carboxylic acids is 3. The molecule has 1 aliphatic rings. The molecule has 1 aliphatic heterocycles. The van der Waals surface area contributed by atoms with E-state index in [1.54, 1.807) is 0 Å². The summed E-state index contributed by atoms with van der Waals surface area (Å²) in [6.07, 6.45) is -7.13. The Hall–Kier alpha value is -1.75. The van der Waals surface area contributed by atoms with Crippen molar-refractivity contribution in [2.75, 3.05) is 20.8 Å². The molecule has 0 radical (unpaired) electrons. The van der Waals surface area contributed by atoms with E-state index in [1.165, 1.54) is 21.1 Å². The first-order chi connectivity index (χ1) is 11.7. The number of methoxy groups -OCH3 is 2. The van der Waals surface area contributed by atoms with Gasteiger partial charge in [0.25, 0.3) is 0 Å². The minimum absolute atomic E-state index is 0.0980. The number of hydrogen-bond donors (Lipinski definition) is 1. The van der Waals surface area contributed by atoms with Crippen LogP contribution in [0.2, 0.25) is 0 Å². The highest BCUT2D eigenvalue weighted by Gasteiger charge is 2.53. The molecule has 0 amide bonds. The number of esters is 3. The molecule has 1 heterocycles. The van der Waals surface area contributed by atoms with Gasteiger partial charge in [-0.25, -0.2) is 0 Å². The summed E-state index contributed by atoms with van der Waals surface area (Å²) >= 11 is 0. The largest absolute Gasteiger partial charge is 0.457 e. The zero-order valence-corrected chi connectivity index (χ0v) is 14.8. The molecule has 0 spiro atoms. The summed E-state index contributed by atoms with van der Waals surface area (Å²) in [7, 11) is 2.65. The second-order valence-electron chi connectivity index (χ2n) is 5.44. The van der Waals surface area contributed by atoms with Crippen molar-refractivity contribution in [1.82, 2.24) is 0 Å². The van der Waals surface area contributed by atoms with Crippen LogP contribution in [-0.4, -0.2) is 80.7 Å². The van der Waals surface area contributed by atoms with Crippen molar-refractivity contribution in [3.63, 3.8) is 0 Å². The summed E-state index contributed by atoms with van der Waals surface area (Å²) in [6.45, 7) is 3.41. The molecule has 144 valence electrons. The molecule has 10 heteroatoms. The van der Waals surface area contributed by atoms with Crippen molar-refractivity contribution < 1.29 is 47.9 Å². The van der Waals surface area contributed by atoms with Gasteiger partial charge in [0.15, 0.2) is 24.6 Å². The highest BCUT2D eigenvalue weighted by atomic mass is 16.7. The number of carbonyl (C=O) groups is 3. The average Bonchev–Trinajstić information content (AvgIpc) is 2.48. The third-order valence-electron chi connectivity index (χ3n) is 3.44. The molecule has 1 N–H and O–H groups in total. The molecule has 25 heavy (non-hydrogen) atoms. The molecular formula is C15H24O10. The number of aliphatic hydroxyl groups is 1. The van der Waals surface area contributed by atoms with Crippen LogP contribution in [0.3, 0.4) is 0 Å². The Balaban J connectivity index is 3.23. The molecule has 10 nitrogen and oxygen atoms in total. The van der Waals surface area contributed by atoms with Crippen molar-refractivity contribution in [3.05, 3.63) is 0 Å². The zero-order valence-electron chi connectivity index (χ0n) is 14.8. The van der Waals surface area contributed by atoms with Crippen molar-refractivity contribution in [1.29, 1.82) is 0 Å². The summed E-state index contributed by atoms with van der Waals surface area (Å²) in [4.78, 5) is 34.3. The predicted octanol–water partition coefficient (Wildman–Crippen LogP) is -0.840. The predicted molar refractivity (Wildman–Crippen MR) is 80.2 cm³/mol. The molecule has 0 aliphatic carbocycles. The maximum atomic E-state index is 11.5. The van der Waals surface area contributed by atoms with Crippen LogP contribution in [0.25, 0.3) is 0 Å². The SMILES string of the molecule is COCC(OC(C)=O)C1OC(O)C(OC)C(OC(C)=O)C1OC(C)=O. The normalized spacial score (nSPS) is 30.2. The van der Waals surface area contributed by atoms with Crippen LogP contribution in [0.15, 0.2) is 0 Å². The number of aliphatic hydroxyl groups excluding tert-OH is 1. The lowest BCUT2D eigenvalue weighted by molar-refractivity contribution is -0.308. The van der Waals surface area contributed by atoms with E-state index in [-0.39, 0.29) is 6.61 Å². The standard InChI is InChI=1S/C15H24O10/c1-7(16)22-10(6-20-4)11-12(23-8(2)17)13(24-9(3)18)14(21-5)15(19)25-11/h10-15,19H,6H2,1-5H3. The molecule has 6 atom stereocenters. The Morgan fingerprint density at radius 2 is 1.52 bits per heavy atom. The van der Waals surface area contributed by atoms with Crippen LogP contribution in [0.5, 0.6) is 0 Å². The lowest BCUT2D eigenvalue weighted by Crippen LogP contribution is -2.64. The minimum atomic E-state index is -1.51. The van der Waals surface area contributed by atoms with Crippen LogP contribution in [0, 0.1) is 0 Å². The first kappa shape index (κ1) is 21.3. The third-order valence-corrected chi connectivity index (χ3v) is 3.44. The Morgan fingerprint density at radius 1 is 0.960 bits per heavy atom. The van der Waals surface area contributed by atoms with E-state index in [2.05, 4.69) is 0 Å². The lowest BCUT2D eigenvalue weighted by atomic mass is 9.94. The van der Waals surface area contributed by atoms with Gasteiger partial charge >= 0.3 is 17.9 Å². The van der Waals surface area contributed by atoms with Gasteiger partial charge in [0.05, 0.1) is 6.61 Å². The Bertz CT molecular complexity index is 479. The van der Waals surface area contributed by atoms with E-state index in [1.807, 2.05) is 0 Å². The van der Waals surface area contributed by atoms with Gasteiger partial charge in [0.2, 0.25) is 0 Å². The summed E-state index contributed by atoms with van der Waals surface area (Å²) in [5, 5.41) is 10.2. The van der Waals surface area contributed by atoms with Crippen molar-refractivity contribution in [3.8, 4) is 0 Å². The second kappa shape index (κ2) is 9.66. The first-order valence-corrected chi connectivity index (χ1v) is 7.58. The Kier molecular flexibility index (Phi) is 8.23. The summed E-state index contributed by atoms with van der Waals surface area (Å²) in [6, 6.07) is 0. The van der Waals surface area contributed by atoms with Gasteiger partial charge < -0.3 is 33.5 Å². The molecule has 1 rings (SSSR count). The monoisotopic (exact) mass is 364 g/mol. The summed E-state index contributed by atoms with van der Waals surface area (Å²) in [5.41, 5.74) is 0. The van der Waals surface area contributed by atoms with E-state index in [9.17, 15) is 19.5 Å². The fourth-order valence-corrected chi connectivity index (χ4v) is 2.63. The van der Waals surface area contributed by atoms with Crippen molar-refractivity contribution >= 4 is 17.9 Å². The van der Waals surface area contributed by atoms with E-state index in [0.717, 1.165) is 13.8 Å². The molecule has 6 unspecified atom stereocenters. The molecule has 1 fully saturated rings. The maximum Gasteiger partial charge on any atom is 0.303 e. The fraction of sp³-hybridized carbons (Fsp3) is 0.800. The number of ether oxygens (including phenoxy) is 6. The summed E-state index contributed by atoms with van der Waals surface area (Å²) in [5.74, 6) is -1.98. The van der Waals surface area contributed by atoms with Crippen LogP contribution < -0.4 is 0 Å². The van der Waals surface area contributed by atoms with Gasteiger partial charge in [-0.05, 0) is 0 Å². The topological polar surface area (TPSA) is 127 Å². The number of hydrogen-bond acceptors (Lipinski definition) is 10. The van der Waals surface area contributed by atoms with Gasteiger partial charge in [0.1, 0.15) is 12.2 Å². The molecule has 0 bridgehead atoms. The zero-order chi connectivity index (χ0) is 19.1. The van der Waals surface area contributed by atoms with Crippen molar-refractivity contribution in [2.45, 2.75) is 57.6 Å². The molecular weight excluding hydrogens is 340 g/mol. The molecule has 0 saturated carbocycles. The van der Waals surface area contributed by atoms with Crippen LogP contribution >= 0.6 is 0 Å². The van der Waals surface area contributed by atoms with Gasteiger partial charge in [-0.1, -0.05) is 0 Å². The van der Waals surface area contributed by atoms with Gasteiger partial charge in [-0.3, -0.25) is 14.4 Å². The maximum absolute atomic E-state index is 11.5. The smallest absolute Gasteiger partial charge is 0.303 e. The van der Waals surface area contributed by atoms with Gasteiger partial charge in [-0.2, -0.15) is 0 Å². The average molecular weight is 364 g/mol. The molecule has 1 saturated heterocycles. The highest BCUT2D eigenvalue weighted by molar-refractivity contribution is 5.68. The van der Waals surface area contributed by atoms with Gasteiger partial charge in [0, 0.05) is 35.0 Å². The van der Waals surface area contributed by atoms with Crippen LogP contribution in [0.4, 0.5) is 0 Å². The first-order valence-electron chi connectivity index (χ1n) is 7.58. The number of rotatable bonds is 7. The molecule has 0 aromatic rings. The van der Waals surface area contributed by atoms with Crippen LogP contribution in [-0.2, 0) is 42.8 Å². The molecule has 0 aromatic carbocycles.